The van der Waals surface area contributed by atoms with Crippen molar-refractivity contribution in [3.05, 3.63) is 90.3 Å². The molecule has 0 radical (unpaired) electrons. The van der Waals surface area contributed by atoms with E-state index in [2.05, 4.69) is 40.7 Å². The van der Waals surface area contributed by atoms with Gasteiger partial charge in [0.2, 0.25) is 0 Å². The van der Waals surface area contributed by atoms with Gasteiger partial charge in [0.1, 0.15) is 5.75 Å². The van der Waals surface area contributed by atoms with Gasteiger partial charge in [-0.3, -0.25) is 9.48 Å². The molecule has 5 heteroatoms. The number of carbonyl (C=O) groups excluding carboxylic acids is 1. The number of para-hydroxylation sites is 1. The molecule has 4 rings (SSSR count). The molecule has 1 amide bonds. The molecule has 0 bridgehead atoms. The van der Waals surface area contributed by atoms with Crippen molar-refractivity contribution < 1.29 is 9.53 Å². The number of hydrogen-bond donors (Lipinski definition) is 1. The smallest absolute Gasteiger partial charge is 0.259 e. The van der Waals surface area contributed by atoms with Gasteiger partial charge < -0.3 is 10.1 Å². The Balaban J connectivity index is 1.51. The molecule has 0 aliphatic rings. The second-order valence-corrected chi connectivity index (χ2v) is 6.45. The predicted octanol–water partition coefficient (Wildman–Crippen LogP) is 4.74. The summed E-state index contributed by atoms with van der Waals surface area (Å²) in [6.07, 6.45) is 3.50. The first kappa shape index (κ1) is 17.8. The fourth-order valence-electron chi connectivity index (χ4n) is 3.25. The minimum atomic E-state index is -0.214. The molecule has 28 heavy (non-hydrogen) atoms. The molecular formula is C23H21N3O2. The van der Waals surface area contributed by atoms with Crippen molar-refractivity contribution in [2.75, 3.05) is 11.9 Å². The second kappa shape index (κ2) is 7.96. The second-order valence-electron chi connectivity index (χ2n) is 6.45. The zero-order chi connectivity index (χ0) is 19.3. The Hall–Kier alpha value is -3.60. The lowest BCUT2D eigenvalue weighted by molar-refractivity contribution is 0.102. The number of benzene rings is 3. The third-order valence-corrected chi connectivity index (χ3v) is 4.53. The number of rotatable bonds is 6. The third-order valence-electron chi connectivity index (χ3n) is 4.53. The molecule has 0 fully saturated rings. The van der Waals surface area contributed by atoms with E-state index in [1.807, 2.05) is 42.1 Å². The van der Waals surface area contributed by atoms with Crippen LogP contribution in [0.25, 0.3) is 10.8 Å². The summed E-state index contributed by atoms with van der Waals surface area (Å²) in [7, 11) is 0. The Kier molecular flexibility index (Phi) is 5.06. The van der Waals surface area contributed by atoms with Gasteiger partial charge in [-0.15, -0.1) is 0 Å². The Morgan fingerprint density at radius 2 is 1.82 bits per heavy atom. The largest absolute Gasteiger partial charge is 0.493 e. The summed E-state index contributed by atoms with van der Waals surface area (Å²) in [5, 5.41) is 9.70. The highest BCUT2D eigenvalue weighted by molar-refractivity contribution is 6.06. The van der Waals surface area contributed by atoms with Crippen molar-refractivity contribution in [2.45, 2.75) is 13.5 Å². The van der Waals surface area contributed by atoms with Crippen molar-refractivity contribution in [3.8, 4) is 5.75 Å². The molecule has 0 unspecified atom stereocenters. The van der Waals surface area contributed by atoms with E-state index >= 15 is 0 Å². The van der Waals surface area contributed by atoms with Crippen molar-refractivity contribution in [1.82, 2.24) is 9.78 Å². The number of nitrogens with one attached hydrogen (secondary N) is 1. The number of carbonyl (C=O) groups is 1. The lowest BCUT2D eigenvalue weighted by Gasteiger charge is -2.09. The van der Waals surface area contributed by atoms with Crippen molar-refractivity contribution in [3.63, 3.8) is 0 Å². The maximum atomic E-state index is 12.6. The van der Waals surface area contributed by atoms with Gasteiger partial charge in [-0.05, 0) is 35.4 Å². The summed E-state index contributed by atoms with van der Waals surface area (Å²) < 4.78 is 7.36. The Morgan fingerprint density at radius 1 is 1.04 bits per heavy atom. The van der Waals surface area contributed by atoms with E-state index in [0.29, 0.717) is 30.2 Å². The van der Waals surface area contributed by atoms with Gasteiger partial charge in [0.25, 0.3) is 5.91 Å². The molecular weight excluding hydrogens is 350 g/mol. The normalized spacial score (nSPS) is 10.8. The lowest BCUT2D eigenvalue weighted by Crippen LogP contribution is -2.13. The van der Waals surface area contributed by atoms with Crippen LogP contribution in [0.5, 0.6) is 5.75 Å². The van der Waals surface area contributed by atoms with Crippen molar-refractivity contribution in [2.24, 2.45) is 0 Å². The van der Waals surface area contributed by atoms with Crippen LogP contribution in [0.15, 0.2) is 79.1 Å². The van der Waals surface area contributed by atoms with Crippen molar-refractivity contribution in [1.29, 1.82) is 0 Å². The maximum absolute atomic E-state index is 12.6. The maximum Gasteiger partial charge on any atom is 0.259 e. The number of nitrogens with zero attached hydrogens (tertiary/aromatic N) is 2. The van der Waals surface area contributed by atoms with Crippen molar-refractivity contribution >= 4 is 22.4 Å². The van der Waals surface area contributed by atoms with Crippen LogP contribution in [0.4, 0.5) is 5.69 Å². The van der Waals surface area contributed by atoms with Gasteiger partial charge in [0, 0.05) is 6.20 Å². The molecule has 0 saturated carbocycles. The topological polar surface area (TPSA) is 56.1 Å². The highest BCUT2D eigenvalue weighted by Gasteiger charge is 2.13. The molecule has 0 spiro atoms. The number of ether oxygens (including phenoxy) is 1. The van der Waals surface area contributed by atoms with Gasteiger partial charge in [0.15, 0.2) is 0 Å². The van der Waals surface area contributed by atoms with E-state index in [9.17, 15) is 4.79 Å². The first-order chi connectivity index (χ1) is 13.7. The minimum absolute atomic E-state index is 0.214. The Morgan fingerprint density at radius 3 is 2.71 bits per heavy atom. The summed E-state index contributed by atoms with van der Waals surface area (Å²) >= 11 is 0. The number of fused-ring (bicyclic) bond motifs is 1. The number of aromatic nitrogens is 2. The van der Waals surface area contributed by atoms with E-state index in [1.54, 1.807) is 18.3 Å². The standard InChI is InChI=1S/C23H21N3O2/c1-2-28-22-13-6-5-12-21(22)23(27)25-19-14-24-26(16-19)15-18-10-7-9-17-8-3-4-11-20(17)18/h3-14,16H,2,15H2,1H3,(H,25,27). The SMILES string of the molecule is CCOc1ccccc1C(=O)Nc1cnn(Cc2cccc3ccccc23)c1. The molecule has 0 aliphatic carbocycles. The van der Waals surface area contributed by atoms with E-state index in [-0.39, 0.29) is 5.91 Å². The first-order valence-electron chi connectivity index (χ1n) is 9.27. The quantitative estimate of drug-likeness (QED) is 0.533. The van der Waals surface area contributed by atoms with Crippen LogP contribution in [-0.4, -0.2) is 22.3 Å². The predicted molar refractivity (Wildman–Crippen MR) is 111 cm³/mol. The molecule has 1 aromatic heterocycles. The summed E-state index contributed by atoms with van der Waals surface area (Å²) in [6, 6.07) is 21.8. The van der Waals surface area contributed by atoms with Crippen LogP contribution in [-0.2, 0) is 6.54 Å². The fourth-order valence-corrected chi connectivity index (χ4v) is 3.25. The highest BCUT2D eigenvalue weighted by Crippen LogP contribution is 2.21. The zero-order valence-corrected chi connectivity index (χ0v) is 15.6. The Bertz CT molecular complexity index is 1110. The Labute approximate surface area is 163 Å². The molecule has 0 atom stereocenters. The van der Waals surface area contributed by atoms with Crippen LogP contribution < -0.4 is 10.1 Å². The molecule has 5 nitrogen and oxygen atoms in total. The van der Waals surface area contributed by atoms with Gasteiger partial charge in [-0.1, -0.05) is 54.6 Å². The summed E-state index contributed by atoms with van der Waals surface area (Å²) in [6.45, 7) is 3.03. The highest BCUT2D eigenvalue weighted by atomic mass is 16.5. The molecule has 4 aromatic rings. The minimum Gasteiger partial charge on any atom is -0.493 e. The van der Waals surface area contributed by atoms with E-state index in [1.165, 1.54) is 16.3 Å². The molecule has 0 aliphatic heterocycles. The monoisotopic (exact) mass is 371 g/mol. The fraction of sp³-hybridized carbons (Fsp3) is 0.130. The van der Waals surface area contributed by atoms with E-state index in [4.69, 9.17) is 4.74 Å². The number of hydrogen-bond acceptors (Lipinski definition) is 3. The number of anilines is 1. The molecule has 140 valence electrons. The van der Waals surface area contributed by atoms with E-state index in [0.717, 1.165) is 0 Å². The average Bonchev–Trinajstić information content (AvgIpc) is 3.16. The van der Waals surface area contributed by atoms with Gasteiger partial charge in [-0.2, -0.15) is 5.10 Å². The summed E-state index contributed by atoms with van der Waals surface area (Å²) in [4.78, 5) is 12.6. The average molecular weight is 371 g/mol. The molecule has 1 heterocycles. The lowest BCUT2D eigenvalue weighted by atomic mass is 10.0. The van der Waals surface area contributed by atoms with Crippen LogP contribution in [0.3, 0.4) is 0 Å². The van der Waals surface area contributed by atoms with Crippen LogP contribution in [0.1, 0.15) is 22.8 Å². The third kappa shape index (κ3) is 3.74. The molecule has 0 saturated heterocycles. The first-order valence-corrected chi connectivity index (χ1v) is 9.27. The zero-order valence-electron chi connectivity index (χ0n) is 15.6. The van der Waals surface area contributed by atoms with Crippen LogP contribution in [0, 0.1) is 0 Å². The van der Waals surface area contributed by atoms with E-state index < -0.39 is 0 Å². The molecule has 1 N–H and O–H groups in total. The summed E-state index contributed by atoms with van der Waals surface area (Å²) in [5.74, 6) is 0.361. The van der Waals surface area contributed by atoms with Crippen LogP contribution in [0.2, 0.25) is 0 Å². The van der Waals surface area contributed by atoms with Gasteiger partial charge in [-0.25, -0.2) is 0 Å². The molecule has 3 aromatic carbocycles. The number of amides is 1. The summed E-state index contributed by atoms with van der Waals surface area (Å²) in [5.41, 5.74) is 2.34. The van der Waals surface area contributed by atoms with Gasteiger partial charge in [0.05, 0.1) is 30.6 Å². The van der Waals surface area contributed by atoms with Gasteiger partial charge >= 0.3 is 0 Å². The van der Waals surface area contributed by atoms with Crippen LogP contribution >= 0.6 is 0 Å².